The molecule has 0 radical (unpaired) electrons. The molecule has 1 aromatic rings. The average molecular weight is 216 g/mol. The number of hydrogen-bond acceptors (Lipinski definition) is 3. The molecule has 1 atom stereocenters. The molecule has 0 aliphatic rings. The molecule has 0 saturated heterocycles. The van der Waals surface area contributed by atoms with Gasteiger partial charge in [0.25, 0.3) is 0 Å². The minimum Gasteiger partial charge on any atom is -0.480 e. The lowest BCUT2D eigenvalue weighted by Crippen LogP contribution is -2.28. The Bertz CT molecular complexity index is 435. The zero-order chi connectivity index (χ0) is 12.0. The van der Waals surface area contributed by atoms with Gasteiger partial charge in [-0.05, 0) is 18.6 Å². The standard InChI is InChI=1S/C12H12N2O2/c1-2-5-11(12(15)16)14-10-7-4-3-6-9(10)8-13/h2-4,6-7,11,14H,1,5H2,(H,15,16). The first-order valence-electron chi connectivity index (χ1n) is 4.78. The normalized spacial score (nSPS) is 11.2. The molecule has 0 saturated carbocycles. The molecule has 1 unspecified atom stereocenters. The maximum atomic E-state index is 10.9. The number of nitrogens with one attached hydrogen (secondary N) is 1. The van der Waals surface area contributed by atoms with Crippen molar-refractivity contribution < 1.29 is 9.90 Å². The van der Waals surface area contributed by atoms with E-state index in [-0.39, 0.29) is 0 Å². The van der Waals surface area contributed by atoms with Gasteiger partial charge in [0.15, 0.2) is 0 Å². The van der Waals surface area contributed by atoms with Crippen LogP contribution in [0, 0.1) is 11.3 Å². The Hall–Kier alpha value is -2.28. The van der Waals surface area contributed by atoms with Crippen molar-refractivity contribution in [3.8, 4) is 6.07 Å². The number of anilines is 1. The first kappa shape index (κ1) is 11.8. The van der Waals surface area contributed by atoms with E-state index in [1.165, 1.54) is 6.08 Å². The first-order valence-corrected chi connectivity index (χ1v) is 4.78. The third kappa shape index (κ3) is 2.85. The van der Waals surface area contributed by atoms with Crippen molar-refractivity contribution in [2.24, 2.45) is 0 Å². The van der Waals surface area contributed by atoms with E-state index in [0.717, 1.165) is 0 Å². The van der Waals surface area contributed by atoms with E-state index in [1.807, 2.05) is 6.07 Å². The lowest BCUT2D eigenvalue weighted by Gasteiger charge is -2.14. The van der Waals surface area contributed by atoms with E-state index < -0.39 is 12.0 Å². The molecule has 0 bridgehead atoms. The Balaban J connectivity index is 2.89. The summed E-state index contributed by atoms with van der Waals surface area (Å²) in [6.45, 7) is 3.50. The van der Waals surface area contributed by atoms with Crippen molar-refractivity contribution in [1.82, 2.24) is 0 Å². The molecule has 4 nitrogen and oxygen atoms in total. The predicted octanol–water partition coefficient (Wildman–Crippen LogP) is 2.00. The number of rotatable bonds is 5. The van der Waals surface area contributed by atoms with Crippen molar-refractivity contribution in [2.75, 3.05) is 5.32 Å². The number of nitrogens with zero attached hydrogens (tertiary/aromatic N) is 1. The van der Waals surface area contributed by atoms with E-state index in [0.29, 0.717) is 17.7 Å². The molecule has 0 heterocycles. The van der Waals surface area contributed by atoms with Crippen LogP contribution in [0.2, 0.25) is 0 Å². The summed E-state index contributed by atoms with van der Waals surface area (Å²) in [5.74, 6) is -0.965. The number of benzene rings is 1. The summed E-state index contributed by atoms with van der Waals surface area (Å²) < 4.78 is 0. The van der Waals surface area contributed by atoms with Crippen LogP contribution in [-0.4, -0.2) is 17.1 Å². The van der Waals surface area contributed by atoms with Crippen molar-refractivity contribution in [3.63, 3.8) is 0 Å². The molecule has 16 heavy (non-hydrogen) atoms. The van der Waals surface area contributed by atoms with Crippen LogP contribution in [0.5, 0.6) is 0 Å². The van der Waals surface area contributed by atoms with Gasteiger partial charge in [0.1, 0.15) is 12.1 Å². The number of carboxylic acid groups (broad SMARTS) is 1. The third-order valence-electron chi connectivity index (χ3n) is 2.08. The number of aliphatic carboxylic acids is 1. The van der Waals surface area contributed by atoms with E-state index in [1.54, 1.807) is 24.3 Å². The van der Waals surface area contributed by atoms with Crippen LogP contribution in [0.25, 0.3) is 0 Å². The highest BCUT2D eigenvalue weighted by Gasteiger charge is 2.16. The second kappa shape index (κ2) is 5.56. The molecule has 0 fully saturated rings. The molecule has 2 N–H and O–H groups in total. The summed E-state index contributed by atoms with van der Waals surface area (Å²) in [7, 11) is 0. The molecular weight excluding hydrogens is 204 g/mol. The van der Waals surface area contributed by atoms with Gasteiger partial charge in [-0.2, -0.15) is 5.26 Å². The zero-order valence-corrected chi connectivity index (χ0v) is 8.68. The van der Waals surface area contributed by atoms with Crippen LogP contribution >= 0.6 is 0 Å². The van der Waals surface area contributed by atoms with Gasteiger partial charge in [0.2, 0.25) is 0 Å². The molecule has 82 valence electrons. The van der Waals surface area contributed by atoms with E-state index >= 15 is 0 Å². The van der Waals surface area contributed by atoms with Gasteiger partial charge in [0, 0.05) is 0 Å². The van der Waals surface area contributed by atoms with Crippen LogP contribution < -0.4 is 5.32 Å². The number of nitriles is 1. The van der Waals surface area contributed by atoms with E-state index in [9.17, 15) is 4.79 Å². The Morgan fingerprint density at radius 3 is 2.88 bits per heavy atom. The fourth-order valence-electron chi connectivity index (χ4n) is 1.28. The minimum absolute atomic E-state index is 0.301. The monoisotopic (exact) mass is 216 g/mol. The van der Waals surface area contributed by atoms with Crippen LogP contribution in [0.1, 0.15) is 12.0 Å². The maximum Gasteiger partial charge on any atom is 0.326 e. The second-order valence-corrected chi connectivity index (χ2v) is 3.22. The van der Waals surface area contributed by atoms with Gasteiger partial charge in [-0.15, -0.1) is 6.58 Å². The molecule has 1 aromatic carbocycles. The highest BCUT2D eigenvalue weighted by atomic mass is 16.4. The smallest absolute Gasteiger partial charge is 0.326 e. The summed E-state index contributed by atoms with van der Waals surface area (Å²) in [6.07, 6.45) is 1.83. The summed E-state index contributed by atoms with van der Waals surface area (Å²) in [4.78, 5) is 10.9. The van der Waals surface area contributed by atoms with Gasteiger partial charge < -0.3 is 10.4 Å². The maximum absolute atomic E-state index is 10.9. The molecule has 0 aromatic heterocycles. The summed E-state index contributed by atoms with van der Waals surface area (Å²) in [5.41, 5.74) is 0.956. The Kier molecular flexibility index (Phi) is 4.10. The fraction of sp³-hybridized carbons (Fsp3) is 0.167. The number of carboxylic acids is 1. The molecule has 1 rings (SSSR count). The molecule has 0 aliphatic carbocycles. The zero-order valence-electron chi connectivity index (χ0n) is 8.68. The van der Waals surface area contributed by atoms with Crippen LogP contribution in [-0.2, 0) is 4.79 Å². The van der Waals surface area contributed by atoms with Gasteiger partial charge >= 0.3 is 5.97 Å². The van der Waals surface area contributed by atoms with Crippen molar-refractivity contribution in [3.05, 3.63) is 42.5 Å². The summed E-state index contributed by atoms with van der Waals surface area (Å²) in [6, 6.07) is 8.03. The highest BCUT2D eigenvalue weighted by molar-refractivity contribution is 5.78. The highest BCUT2D eigenvalue weighted by Crippen LogP contribution is 2.15. The lowest BCUT2D eigenvalue weighted by atomic mass is 10.1. The Morgan fingerprint density at radius 2 is 2.31 bits per heavy atom. The first-order chi connectivity index (χ1) is 7.69. The SMILES string of the molecule is C=CCC(Nc1ccccc1C#N)C(=O)O. The predicted molar refractivity (Wildman–Crippen MR) is 61.0 cm³/mol. The van der Waals surface area contributed by atoms with Crippen LogP contribution in [0.3, 0.4) is 0 Å². The topological polar surface area (TPSA) is 73.1 Å². The van der Waals surface area contributed by atoms with Crippen molar-refractivity contribution in [1.29, 1.82) is 5.26 Å². The van der Waals surface area contributed by atoms with Crippen molar-refractivity contribution in [2.45, 2.75) is 12.5 Å². The summed E-state index contributed by atoms with van der Waals surface area (Å²) in [5, 5.41) is 20.6. The quantitative estimate of drug-likeness (QED) is 0.738. The summed E-state index contributed by atoms with van der Waals surface area (Å²) >= 11 is 0. The largest absolute Gasteiger partial charge is 0.480 e. The third-order valence-corrected chi connectivity index (χ3v) is 2.08. The van der Waals surface area contributed by atoms with Crippen LogP contribution in [0.4, 0.5) is 5.69 Å². The van der Waals surface area contributed by atoms with Gasteiger partial charge in [-0.1, -0.05) is 18.2 Å². The molecular formula is C12H12N2O2. The van der Waals surface area contributed by atoms with E-state index in [4.69, 9.17) is 10.4 Å². The number of para-hydroxylation sites is 1. The van der Waals surface area contributed by atoms with Gasteiger partial charge in [-0.25, -0.2) is 4.79 Å². The Morgan fingerprint density at radius 1 is 1.62 bits per heavy atom. The Labute approximate surface area is 93.8 Å². The van der Waals surface area contributed by atoms with Gasteiger partial charge in [0.05, 0.1) is 11.3 Å². The molecule has 0 aliphatic heterocycles. The van der Waals surface area contributed by atoms with Crippen molar-refractivity contribution >= 4 is 11.7 Å². The number of hydrogen-bond donors (Lipinski definition) is 2. The minimum atomic E-state index is -0.965. The second-order valence-electron chi connectivity index (χ2n) is 3.22. The lowest BCUT2D eigenvalue weighted by molar-refractivity contribution is -0.137. The molecule has 0 amide bonds. The van der Waals surface area contributed by atoms with Gasteiger partial charge in [-0.3, -0.25) is 0 Å². The number of carbonyl (C=O) groups is 1. The van der Waals surface area contributed by atoms with E-state index in [2.05, 4.69) is 11.9 Å². The fourth-order valence-corrected chi connectivity index (χ4v) is 1.28. The molecule has 4 heteroatoms. The van der Waals surface area contributed by atoms with Crippen LogP contribution in [0.15, 0.2) is 36.9 Å². The average Bonchev–Trinajstić information content (AvgIpc) is 2.29. The molecule has 0 spiro atoms.